The van der Waals surface area contributed by atoms with Gasteiger partial charge < -0.3 is 0 Å². The number of H-pyrrole nitrogens is 1. The highest BCUT2D eigenvalue weighted by atomic mass is 35.5. The average Bonchev–Trinajstić information content (AvgIpc) is 3.31. The van der Waals surface area contributed by atoms with Crippen LogP contribution in [0.3, 0.4) is 0 Å². The number of aromatic amines is 1. The van der Waals surface area contributed by atoms with Crippen LogP contribution in [-0.2, 0) is 4.79 Å². The Morgan fingerprint density at radius 1 is 0.861 bits per heavy atom. The van der Waals surface area contributed by atoms with Crippen LogP contribution in [0.1, 0.15) is 29.7 Å². The minimum atomic E-state index is -0.751. The molecule has 182 valence electrons. The van der Waals surface area contributed by atoms with Crippen molar-refractivity contribution in [3.05, 3.63) is 115 Å². The first kappa shape index (κ1) is 24.4. The van der Waals surface area contributed by atoms with E-state index < -0.39 is 11.8 Å². The topological polar surface area (TPSA) is 70.5 Å². The number of benzene rings is 3. The molecular weight excluding hydrogens is 519 g/mol. The lowest BCUT2D eigenvalue weighted by atomic mass is 9.78. The lowest BCUT2D eigenvalue weighted by molar-refractivity contribution is -0.120. The van der Waals surface area contributed by atoms with Crippen LogP contribution >= 0.6 is 34.8 Å². The quantitative estimate of drug-likeness (QED) is 0.310. The number of halogens is 3. The number of aromatic nitrogens is 2. The number of nitrogens with zero attached hydrogens (tertiary/aromatic N) is 3. The monoisotopic (exact) mass is 538 g/mol. The van der Waals surface area contributed by atoms with Gasteiger partial charge in [0, 0.05) is 38.0 Å². The summed E-state index contributed by atoms with van der Waals surface area (Å²) in [6.45, 7) is 3.59. The van der Waals surface area contributed by atoms with Crippen LogP contribution in [-0.4, -0.2) is 21.4 Å². The Morgan fingerprint density at radius 2 is 1.50 bits per heavy atom. The molecule has 36 heavy (non-hydrogen) atoms. The van der Waals surface area contributed by atoms with Crippen molar-refractivity contribution in [1.29, 1.82) is 0 Å². The van der Waals surface area contributed by atoms with E-state index in [-0.39, 0.29) is 11.5 Å². The maximum atomic E-state index is 13.9. The predicted molar refractivity (Wildman–Crippen MR) is 145 cm³/mol. The van der Waals surface area contributed by atoms with Gasteiger partial charge in [0.15, 0.2) is 0 Å². The molecule has 1 aliphatic rings. The molecule has 6 nitrogen and oxygen atoms in total. The summed E-state index contributed by atoms with van der Waals surface area (Å²) in [5.41, 5.74) is 3.13. The van der Waals surface area contributed by atoms with Gasteiger partial charge in [-0.05, 0) is 61.9 Å². The number of amides is 1. The molecule has 0 radical (unpaired) electrons. The number of anilines is 1. The summed E-state index contributed by atoms with van der Waals surface area (Å²) in [5.74, 6) is -1.70. The largest absolute Gasteiger partial charge is 0.295 e. The first-order valence-electron chi connectivity index (χ1n) is 11.2. The molecule has 0 saturated heterocycles. The molecule has 1 amide bonds. The lowest BCUT2D eigenvalue weighted by Crippen LogP contribution is -2.34. The Labute approximate surface area is 222 Å². The van der Waals surface area contributed by atoms with Crippen molar-refractivity contribution >= 4 is 52.1 Å². The third-order valence-corrected chi connectivity index (χ3v) is 7.12. The van der Waals surface area contributed by atoms with Gasteiger partial charge in [-0.25, -0.2) is 9.69 Å². The zero-order valence-electron chi connectivity index (χ0n) is 19.4. The zero-order chi connectivity index (χ0) is 25.6. The second-order valence-corrected chi connectivity index (χ2v) is 9.90. The minimum absolute atomic E-state index is 0.269. The third kappa shape index (κ3) is 4.26. The lowest BCUT2D eigenvalue weighted by Gasteiger charge is -2.24. The molecule has 5 rings (SSSR count). The Morgan fingerprint density at radius 3 is 2.17 bits per heavy atom. The van der Waals surface area contributed by atoms with E-state index in [0.717, 1.165) is 0 Å². The molecular formula is C27H21Cl3N4O2. The van der Waals surface area contributed by atoms with Gasteiger partial charge in [-0.15, -0.1) is 0 Å². The van der Waals surface area contributed by atoms with E-state index in [4.69, 9.17) is 34.8 Å². The number of rotatable bonds is 5. The average molecular weight is 540 g/mol. The minimum Gasteiger partial charge on any atom is -0.295 e. The summed E-state index contributed by atoms with van der Waals surface area (Å²) in [6.07, 6.45) is 0. The fraction of sp³-hybridized carbons (Fsp3) is 0.148. The van der Waals surface area contributed by atoms with Gasteiger partial charge in [0.1, 0.15) is 0 Å². The summed E-state index contributed by atoms with van der Waals surface area (Å²) in [4.78, 5) is 27.7. The van der Waals surface area contributed by atoms with Crippen LogP contribution in [0.5, 0.6) is 0 Å². The van der Waals surface area contributed by atoms with Crippen LogP contribution in [0, 0.1) is 12.8 Å². The summed E-state index contributed by atoms with van der Waals surface area (Å²) < 4.78 is 1.43. The second-order valence-electron chi connectivity index (χ2n) is 8.62. The van der Waals surface area contributed by atoms with Crippen molar-refractivity contribution in [3.63, 3.8) is 0 Å². The first-order chi connectivity index (χ1) is 17.3. The Balaban J connectivity index is 1.68. The van der Waals surface area contributed by atoms with Crippen LogP contribution in [0.2, 0.25) is 15.1 Å². The number of hydrogen-bond donors (Lipinski definition) is 1. The maximum absolute atomic E-state index is 13.9. The van der Waals surface area contributed by atoms with Crippen molar-refractivity contribution in [3.8, 4) is 5.69 Å². The van der Waals surface area contributed by atoms with Crippen molar-refractivity contribution in [1.82, 2.24) is 9.78 Å². The molecule has 2 heterocycles. The van der Waals surface area contributed by atoms with E-state index >= 15 is 0 Å². The highest BCUT2D eigenvalue weighted by Crippen LogP contribution is 2.41. The van der Waals surface area contributed by atoms with E-state index in [0.29, 0.717) is 49.0 Å². The Bertz CT molecular complexity index is 1570. The van der Waals surface area contributed by atoms with E-state index in [1.54, 1.807) is 61.5 Å². The number of nitrogens with one attached hydrogen (secondary N) is 1. The van der Waals surface area contributed by atoms with Gasteiger partial charge in [0.05, 0.1) is 17.3 Å². The maximum Gasteiger partial charge on any atom is 0.275 e. The summed E-state index contributed by atoms with van der Waals surface area (Å²) >= 11 is 19.0. The van der Waals surface area contributed by atoms with Gasteiger partial charge >= 0.3 is 0 Å². The molecule has 1 aliphatic heterocycles. The number of carbonyl (C=O) groups excluding carboxylic acids is 1. The molecule has 3 aromatic carbocycles. The summed E-state index contributed by atoms with van der Waals surface area (Å²) in [7, 11) is 0. The van der Waals surface area contributed by atoms with E-state index in [1.165, 1.54) is 9.69 Å². The van der Waals surface area contributed by atoms with Crippen molar-refractivity contribution in [2.75, 3.05) is 5.01 Å². The van der Waals surface area contributed by atoms with E-state index in [1.807, 2.05) is 25.1 Å². The van der Waals surface area contributed by atoms with E-state index in [2.05, 4.69) is 10.2 Å². The predicted octanol–water partition coefficient (Wildman–Crippen LogP) is 6.61. The molecule has 2 atom stereocenters. The molecule has 0 bridgehead atoms. The molecule has 0 fully saturated rings. The zero-order valence-corrected chi connectivity index (χ0v) is 21.6. The van der Waals surface area contributed by atoms with Crippen molar-refractivity contribution < 1.29 is 4.79 Å². The van der Waals surface area contributed by atoms with Gasteiger partial charge in [-0.2, -0.15) is 5.10 Å². The smallest absolute Gasteiger partial charge is 0.275 e. The standard InChI is InChI=1S/C27H21Cl3N4O2/c1-15-23(26(35)33(31-15)19-9-5-7-17(28)13-19)25(21-11-3-4-12-22(21)30)24-16(2)32-34(27(24)36)20-10-6-8-18(29)14-20/h3-14,23,25,32H,1-2H3/t23-,25+/m1/s1. The molecule has 1 N–H and O–H groups in total. The molecule has 4 aromatic rings. The molecule has 1 aromatic heterocycles. The molecule has 0 unspecified atom stereocenters. The summed E-state index contributed by atoms with van der Waals surface area (Å²) in [6, 6.07) is 21.2. The van der Waals surface area contributed by atoms with Crippen molar-refractivity contribution in [2.45, 2.75) is 19.8 Å². The number of hydrogen-bond acceptors (Lipinski definition) is 3. The first-order valence-corrected chi connectivity index (χ1v) is 12.4. The molecule has 9 heteroatoms. The SMILES string of the molecule is CC1=NN(c2cccc(Cl)c2)C(=O)[C@H]1[C@H](c1ccccc1Cl)c1c(C)[nH]n(-c2cccc(Cl)c2)c1=O. The Hall–Kier alpha value is -3.32. The highest BCUT2D eigenvalue weighted by Gasteiger charge is 2.44. The second kappa shape index (κ2) is 9.62. The van der Waals surface area contributed by atoms with Crippen LogP contribution in [0.25, 0.3) is 5.69 Å². The molecule has 0 saturated carbocycles. The fourth-order valence-corrected chi connectivity index (χ4v) is 5.33. The normalized spacial score (nSPS) is 16.4. The van der Waals surface area contributed by atoms with Gasteiger partial charge in [-0.1, -0.05) is 65.1 Å². The fourth-order valence-electron chi connectivity index (χ4n) is 4.71. The number of carbonyl (C=O) groups is 1. The highest BCUT2D eigenvalue weighted by molar-refractivity contribution is 6.32. The van der Waals surface area contributed by atoms with Crippen molar-refractivity contribution in [2.24, 2.45) is 11.0 Å². The van der Waals surface area contributed by atoms with Crippen LogP contribution in [0.4, 0.5) is 5.69 Å². The van der Waals surface area contributed by atoms with Crippen LogP contribution < -0.4 is 10.6 Å². The van der Waals surface area contributed by atoms with Crippen LogP contribution in [0.15, 0.2) is 82.7 Å². The molecule has 0 spiro atoms. The Kier molecular flexibility index (Phi) is 6.51. The number of aryl methyl sites for hydroxylation is 1. The number of hydrazone groups is 1. The van der Waals surface area contributed by atoms with E-state index in [9.17, 15) is 9.59 Å². The summed E-state index contributed by atoms with van der Waals surface area (Å²) in [5, 5.41) is 10.5. The van der Waals surface area contributed by atoms with Gasteiger partial charge in [0.2, 0.25) is 0 Å². The van der Waals surface area contributed by atoms with Gasteiger partial charge in [0.25, 0.3) is 11.5 Å². The molecule has 0 aliphatic carbocycles. The third-order valence-electron chi connectivity index (χ3n) is 6.30. The van der Waals surface area contributed by atoms with Gasteiger partial charge in [-0.3, -0.25) is 14.7 Å².